The minimum absolute atomic E-state index is 0. The van der Waals surface area contributed by atoms with Gasteiger partial charge >= 0.3 is 154 Å². The van der Waals surface area contributed by atoms with Crippen LogP contribution in [0.25, 0.3) is 0 Å². The predicted octanol–water partition coefficient (Wildman–Crippen LogP) is -20.0. The molecule has 0 fully saturated rings. The third-order valence-electron chi connectivity index (χ3n) is 1.25. The Hall–Kier alpha value is 3.00. The van der Waals surface area contributed by atoms with E-state index in [-0.39, 0.29) is 192 Å². The summed E-state index contributed by atoms with van der Waals surface area (Å²) in [5.74, 6) is -5.98. The molecule has 0 spiro atoms. The monoisotopic (exact) mass is 432 g/mol. The van der Waals surface area contributed by atoms with Gasteiger partial charge in [-0.15, -0.1) is 0 Å². The molecule has 0 aliphatic rings. The van der Waals surface area contributed by atoms with E-state index in [2.05, 4.69) is 0 Å². The van der Waals surface area contributed by atoms with Gasteiger partial charge in [-0.25, -0.2) is 0 Å². The fourth-order valence-electron chi connectivity index (χ4n) is 0.684. The Bertz CT molecular complexity index is 245. The number of carboxylic acids is 3. The predicted molar refractivity (Wildman–Crippen MR) is 54.5 cm³/mol. The van der Waals surface area contributed by atoms with Crippen molar-refractivity contribution in [1.82, 2.24) is 0 Å². The molecule has 130 valence electrons. The molecule has 15 N–H and O–H groups in total. The SMILES string of the molecule is O.O.O.O.O.O.O.O=C([O-])CC(O)(CC(=O)[O-])C(=O)[O-].[K+].[K+].[K+]. The first-order chi connectivity index (χ1) is 5.78. The Morgan fingerprint density at radius 1 is 0.652 bits per heavy atom. The number of rotatable bonds is 5. The number of hydrogen-bond acceptors (Lipinski definition) is 7. The van der Waals surface area contributed by atoms with Crippen LogP contribution in [0.3, 0.4) is 0 Å². The molecule has 14 nitrogen and oxygen atoms in total. The van der Waals surface area contributed by atoms with Gasteiger partial charge in [0, 0.05) is 24.8 Å². The van der Waals surface area contributed by atoms with Gasteiger partial charge in [0.15, 0.2) is 0 Å². The first kappa shape index (κ1) is 72.2. The van der Waals surface area contributed by atoms with Crippen molar-refractivity contribution in [2.24, 2.45) is 0 Å². The maximum atomic E-state index is 10.1. The molecule has 0 aliphatic heterocycles. The molecule has 0 bridgehead atoms. The van der Waals surface area contributed by atoms with Crippen LogP contribution in [0.1, 0.15) is 12.8 Å². The van der Waals surface area contributed by atoms with Crippen molar-refractivity contribution in [1.29, 1.82) is 0 Å². The summed E-state index contributed by atoms with van der Waals surface area (Å²) in [5, 5.41) is 38.9. The first-order valence-corrected chi connectivity index (χ1v) is 3.11. The minimum Gasteiger partial charge on any atom is -0.550 e. The number of aliphatic hydroxyl groups is 1. The fourth-order valence-corrected chi connectivity index (χ4v) is 0.684. The van der Waals surface area contributed by atoms with E-state index in [1.54, 1.807) is 0 Å². The molecule has 0 atom stereocenters. The molecule has 0 rings (SSSR count). The topological polar surface area (TPSA) is 361 Å². The Morgan fingerprint density at radius 2 is 0.826 bits per heavy atom. The van der Waals surface area contributed by atoms with Crippen LogP contribution in [0.5, 0.6) is 0 Å². The Morgan fingerprint density at radius 3 is 0.913 bits per heavy atom. The van der Waals surface area contributed by atoms with Gasteiger partial charge in [-0.3, -0.25) is 0 Å². The summed E-state index contributed by atoms with van der Waals surface area (Å²) in [4.78, 5) is 30.0. The average Bonchev–Trinajstić information content (AvgIpc) is 1.82. The molecule has 0 saturated carbocycles. The van der Waals surface area contributed by atoms with Crippen LogP contribution in [0.4, 0.5) is 0 Å². The van der Waals surface area contributed by atoms with Crippen molar-refractivity contribution in [2.45, 2.75) is 18.4 Å². The van der Waals surface area contributed by atoms with E-state index < -0.39 is 36.4 Å². The third-order valence-corrected chi connectivity index (χ3v) is 1.25. The largest absolute Gasteiger partial charge is 1.00 e. The van der Waals surface area contributed by atoms with Crippen LogP contribution in [0, 0.1) is 0 Å². The van der Waals surface area contributed by atoms with Crippen molar-refractivity contribution in [3.63, 3.8) is 0 Å². The van der Waals surface area contributed by atoms with Crippen LogP contribution in [0.2, 0.25) is 0 Å². The van der Waals surface area contributed by atoms with E-state index >= 15 is 0 Å². The van der Waals surface area contributed by atoms with Crippen LogP contribution >= 0.6 is 0 Å². The van der Waals surface area contributed by atoms with Crippen LogP contribution in [-0.4, -0.2) is 66.9 Å². The number of aliphatic carboxylic acids is 3. The van der Waals surface area contributed by atoms with Gasteiger partial charge in [0.2, 0.25) is 0 Å². The quantitative estimate of drug-likeness (QED) is 0.408. The van der Waals surface area contributed by atoms with Crippen molar-refractivity contribution in [3.8, 4) is 0 Å². The van der Waals surface area contributed by atoms with E-state index in [1.807, 2.05) is 0 Å². The summed E-state index contributed by atoms with van der Waals surface area (Å²) in [6, 6.07) is 0. The van der Waals surface area contributed by atoms with Crippen LogP contribution in [0.15, 0.2) is 0 Å². The summed E-state index contributed by atoms with van der Waals surface area (Å²) in [6.07, 6.45) is -2.72. The van der Waals surface area contributed by atoms with Crippen LogP contribution < -0.4 is 169 Å². The van der Waals surface area contributed by atoms with Gasteiger partial charge in [-0.1, -0.05) is 0 Å². The van der Waals surface area contributed by atoms with Gasteiger partial charge in [-0.05, 0) is 0 Å². The molecule has 0 aromatic heterocycles. The smallest absolute Gasteiger partial charge is 0.550 e. The molecule has 0 unspecified atom stereocenters. The zero-order valence-electron chi connectivity index (χ0n) is 12.8. The van der Waals surface area contributed by atoms with Crippen LogP contribution in [-0.2, 0) is 14.4 Å². The molecule has 0 saturated heterocycles. The normalized spacial score (nSPS) is 6.13. The molecule has 0 aromatic carbocycles. The molecule has 0 radical (unpaired) electrons. The molecule has 23 heavy (non-hydrogen) atoms. The summed E-state index contributed by atoms with van der Waals surface area (Å²) in [6.45, 7) is 0. The van der Waals surface area contributed by atoms with E-state index in [0.29, 0.717) is 0 Å². The summed E-state index contributed by atoms with van der Waals surface area (Å²) in [7, 11) is 0. The summed E-state index contributed by atoms with van der Waals surface area (Å²) < 4.78 is 0. The number of carboxylic acid groups (broad SMARTS) is 3. The average molecular weight is 432 g/mol. The number of hydrogen-bond donors (Lipinski definition) is 1. The van der Waals surface area contributed by atoms with Gasteiger partial charge in [-0.2, -0.15) is 0 Å². The van der Waals surface area contributed by atoms with Gasteiger partial charge in [0.25, 0.3) is 0 Å². The number of carbonyl (C=O) groups is 3. The molecule has 0 aliphatic carbocycles. The molecule has 0 aromatic rings. The fraction of sp³-hybridized carbons (Fsp3) is 0.500. The minimum atomic E-state index is -2.97. The second-order valence-electron chi connectivity index (χ2n) is 2.42. The summed E-state index contributed by atoms with van der Waals surface area (Å²) >= 11 is 0. The Labute approximate surface area is 257 Å². The maximum Gasteiger partial charge on any atom is 1.00 e. The van der Waals surface area contributed by atoms with Gasteiger partial charge in [0.05, 0.1) is 5.97 Å². The van der Waals surface area contributed by atoms with Gasteiger partial charge < -0.3 is 73.1 Å². The molecular formula is C6H19K3O14. The third kappa shape index (κ3) is 36.6. The van der Waals surface area contributed by atoms with E-state index in [0.717, 1.165) is 0 Å². The second kappa shape index (κ2) is 36.0. The van der Waals surface area contributed by atoms with Crippen molar-refractivity contribution in [2.75, 3.05) is 0 Å². The molecular weight excluding hydrogens is 413 g/mol. The zero-order valence-corrected chi connectivity index (χ0v) is 22.2. The Kier molecular flexibility index (Phi) is 113. The standard InChI is InChI=1S/C6H8O7.3K.7H2O/c7-3(8)1-6(13,5(11)12)2-4(9)10;;;;;;;;;;/h13H,1-2H2,(H,7,8)(H,9,10)(H,11,12);;;;7*1H2/q;3*+1;;;;;;;/p-3. The van der Waals surface area contributed by atoms with E-state index in [1.165, 1.54) is 0 Å². The second-order valence-corrected chi connectivity index (χ2v) is 2.42. The molecule has 0 heterocycles. The van der Waals surface area contributed by atoms with E-state index in [9.17, 15) is 29.7 Å². The zero-order chi connectivity index (χ0) is 10.6. The van der Waals surface area contributed by atoms with E-state index in [4.69, 9.17) is 5.11 Å². The van der Waals surface area contributed by atoms with Crippen molar-refractivity contribution in [3.05, 3.63) is 0 Å². The molecule has 0 amide bonds. The maximum absolute atomic E-state index is 10.1. The molecule has 17 heteroatoms. The Balaban J connectivity index is -0.0000000160. The van der Waals surface area contributed by atoms with Crippen molar-refractivity contribution >= 4 is 17.9 Å². The van der Waals surface area contributed by atoms with Crippen molar-refractivity contribution < 1.29 is 227 Å². The number of carbonyl (C=O) groups excluding carboxylic acids is 3. The first-order valence-electron chi connectivity index (χ1n) is 3.11. The van der Waals surface area contributed by atoms with Gasteiger partial charge in [0.1, 0.15) is 5.60 Å². The summed E-state index contributed by atoms with van der Waals surface area (Å²) in [5.41, 5.74) is -2.97.